The molecule has 28 heavy (non-hydrogen) atoms. The molecular formula is C20H19N3O4S. The van der Waals surface area contributed by atoms with Gasteiger partial charge in [-0.25, -0.2) is 13.8 Å². The summed E-state index contributed by atoms with van der Waals surface area (Å²) in [4.78, 5) is 12.4. The van der Waals surface area contributed by atoms with Crippen LogP contribution in [0.2, 0.25) is 0 Å². The van der Waals surface area contributed by atoms with Crippen LogP contribution in [0.5, 0.6) is 0 Å². The number of furan rings is 1. The van der Waals surface area contributed by atoms with E-state index in [4.69, 9.17) is 4.42 Å². The highest BCUT2D eigenvalue weighted by atomic mass is 32.2. The molecule has 3 aromatic rings. The number of carbonyl (C=O) groups excluding carboxylic acids is 1. The summed E-state index contributed by atoms with van der Waals surface area (Å²) >= 11 is 0. The van der Waals surface area contributed by atoms with Gasteiger partial charge in [-0.2, -0.15) is 9.41 Å². The molecule has 2 aromatic carbocycles. The van der Waals surface area contributed by atoms with E-state index >= 15 is 0 Å². The van der Waals surface area contributed by atoms with Crippen LogP contribution in [0.1, 0.15) is 11.3 Å². The second kappa shape index (κ2) is 9.12. The van der Waals surface area contributed by atoms with Crippen molar-refractivity contribution in [3.8, 4) is 0 Å². The van der Waals surface area contributed by atoms with Gasteiger partial charge in [0.2, 0.25) is 10.0 Å². The van der Waals surface area contributed by atoms with Crippen LogP contribution in [0.15, 0.2) is 93.5 Å². The van der Waals surface area contributed by atoms with E-state index in [-0.39, 0.29) is 18.0 Å². The van der Waals surface area contributed by atoms with Gasteiger partial charge in [-0.1, -0.05) is 48.5 Å². The Morgan fingerprint density at radius 2 is 1.68 bits per heavy atom. The van der Waals surface area contributed by atoms with Gasteiger partial charge in [-0.3, -0.25) is 4.79 Å². The molecule has 0 fully saturated rings. The van der Waals surface area contributed by atoms with Crippen molar-refractivity contribution in [2.75, 3.05) is 6.54 Å². The first-order chi connectivity index (χ1) is 13.6. The van der Waals surface area contributed by atoms with Crippen molar-refractivity contribution in [1.82, 2.24) is 9.73 Å². The minimum Gasteiger partial charge on any atom is -0.463 e. The third kappa shape index (κ3) is 5.15. The smallest absolute Gasteiger partial charge is 0.255 e. The van der Waals surface area contributed by atoms with Gasteiger partial charge in [0.1, 0.15) is 5.76 Å². The van der Waals surface area contributed by atoms with Gasteiger partial charge in [0.05, 0.1) is 23.9 Å². The summed E-state index contributed by atoms with van der Waals surface area (Å²) in [6, 6.07) is 20.5. The maximum atomic E-state index is 13.0. The minimum atomic E-state index is -3.86. The first-order valence-corrected chi connectivity index (χ1v) is 9.94. The first-order valence-electron chi connectivity index (χ1n) is 8.50. The Morgan fingerprint density at radius 3 is 2.32 bits per heavy atom. The fourth-order valence-corrected chi connectivity index (χ4v) is 3.89. The number of carbonyl (C=O) groups is 1. The van der Waals surface area contributed by atoms with Gasteiger partial charge in [-0.15, -0.1) is 0 Å². The summed E-state index contributed by atoms with van der Waals surface area (Å²) in [5, 5.41) is 3.79. The Labute approximate surface area is 163 Å². The van der Waals surface area contributed by atoms with Crippen LogP contribution in [0.3, 0.4) is 0 Å². The number of hydrazone groups is 1. The zero-order valence-electron chi connectivity index (χ0n) is 14.9. The molecule has 1 amide bonds. The molecule has 7 nitrogen and oxygen atoms in total. The number of nitrogens with zero attached hydrogens (tertiary/aromatic N) is 2. The van der Waals surface area contributed by atoms with E-state index in [9.17, 15) is 13.2 Å². The third-order valence-corrected chi connectivity index (χ3v) is 5.63. The number of amides is 1. The molecule has 0 aliphatic rings. The average molecular weight is 397 g/mol. The quantitative estimate of drug-likeness (QED) is 0.467. The molecule has 0 saturated carbocycles. The van der Waals surface area contributed by atoms with Crippen LogP contribution >= 0.6 is 0 Å². The number of nitrogens with one attached hydrogen (secondary N) is 1. The van der Waals surface area contributed by atoms with Crippen molar-refractivity contribution in [1.29, 1.82) is 0 Å². The molecule has 8 heteroatoms. The molecular weight excluding hydrogens is 378 g/mol. The first kappa shape index (κ1) is 19.5. The number of rotatable bonds is 8. The Kier molecular flexibility index (Phi) is 6.36. The van der Waals surface area contributed by atoms with Crippen molar-refractivity contribution >= 4 is 22.1 Å². The zero-order valence-corrected chi connectivity index (χ0v) is 15.7. The number of hydrogen-bond acceptors (Lipinski definition) is 5. The average Bonchev–Trinajstić information content (AvgIpc) is 3.22. The van der Waals surface area contributed by atoms with Crippen LogP contribution in [0.4, 0.5) is 0 Å². The van der Waals surface area contributed by atoms with Crippen LogP contribution in [0, 0.1) is 0 Å². The molecule has 0 spiro atoms. The summed E-state index contributed by atoms with van der Waals surface area (Å²) in [5.41, 5.74) is 3.10. The lowest BCUT2D eigenvalue weighted by molar-refractivity contribution is -0.121. The zero-order chi connectivity index (χ0) is 19.8. The largest absolute Gasteiger partial charge is 0.463 e. The Hall–Kier alpha value is -3.23. The Bertz CT molecular complexity index is 1020. The topological polar surface area (TPSA) is 92.0 Å². The fourth-order valence-electron chi connectivity index (χ4n) is 2.48. The Morgan fingerprint density at radius 1 is 1.00 bits per heavy atom. The molecule has 0 saturated heterocycles. The summed E-state index contributed by atoms with van der Waals surface area (Å²) in [6.07, 6.45) is 2.82. The molecule has 144 valence electrons. The van der Waals surface area contributed by atoms with Gasteiger partial charge in [-0.05, 0) is 29.8 Å². The van der Waals surface area contributed by atoms with Crippen LogP contribution in [0.25, 0.3) is 0 Å². The lowest BCUT2D eigenvalue weighted by Gasteiger charge is -2.21. The maximum absolute atomic E-state index is 13.0. The number of sulfonamides is 1. The van der Waals surface area contributed by atoms with Gasteiger partial charge >= 0.3 is 0 Å². The lowest BCUT2D eigenvalue weighted by Crippen LogP contribution is -2.39. The monoisotopic (exact) mass is 397 g/mol. The van der Waals surface area contributed by atoms with Crippen molar-refractivity contribution in [3.63, 3.8) is 0 Å². The SMILES string of the molecule is O=C(CN(Cc1ccccc1)S(=O)(=O)c1ccccc1)N/N=C/c1ccco1. The molecule has 1 N–H and O–H groups in total. The van der Waals surface area contributed by atoms with E-state index in [1.807, 2.05) is 18.2 Å². The lowest BCUT2D eigenvalue weighted by atomic mass is 10.2. The van der Waals surface area contributed by atoms with Crippen molar-refractivity contribution in [2.24, 2.45) is 5.10 Å². The van der Waals surface area contributed by atoms with Crippen LogP contribution in [-0.2, 0) is 21.4 Å². The summed E-state index contributed by atoms with van der Waals surface area (Å²) < 4.78 is 32.3. The number of benzene rings is 2. The van der Waals surface area contributed by atoms with Gasteiger partial charge in [0, 0.05) is 6.54 Å². The summed E-state index contributed by atoms with van der Waals surface area (Å²) in [7, 11) is -3.86. The maximum Gasteiger partial charge on any atom is 0.255 e. The van der Waals surface area contributed by atoms with Gasteiger partial charge < -0.3 is 4.42 Å². The number of hydrogen-bond donors (Lipinski definition) is 1. The van der Waals surface area contributed by atoms with Crippen molar-refractivity contribution in [2.45, 2.75) is 11.4 Å². The normalized spacial score (nSPS) is 11.8. The summed E-state index contributed by atoms with van der Waals surface area (Å²) in [6.45, 7) is -0.311. The van der Waals surface area contributed by atoms with Gasteiger partial charge in [0.15, 0.2) is 0 Å². The van der Waals surface area contributed by atoms with Crippen LogP contribution in [-0.4, -0.2) is 31.4 Å². The highest BCUT2D eigenvalue weighted by Gasteiger charge is 2.26. The molecule has 0 bridgehead atoms. The Balaban J connectivity index is 1.77. The van der Waals surface area contributed by atoms with Gasteiger partial charge in [0.25, 0.3) is 5.91 Å². The molecule has 0 radical (unpaired) electrons. The highest BCUT2D eigenvalue weighted by molar-refractivity contribution is 7.89. The highest BCUT2D eigenvalue weighted by Crippen LogP contribution is 2.18. The molecule has 3 rings (SSSR count). The second-order valence-electron chi connectivity index (χ2n) is 5.88. The van der Waals surface area contributed by atoms with E-state index in [1.165, 1.54) is 24.6 Å². The van der Waals surface area contributed by atoms with Crippen LogP contribution < -0.4 is 5.43 Å². The minimum absolute atomic E-state index is 0.0629. The standard InChI is InChI=1S/C20H19N3O4S/c24-20(22-21-14-18-10-7-13-27-18)16-23(15-17-8-3-1-4-9-17)28(25,26)19-11-5-2-6-12-19/h1-14H,15-16H2,(H,22,24)/b21-14+. The molecule has 0 aliphatic heterocycles. The fraction of sp³-hybridized carbons (Fsp3) is 0.100. The predicted octanol–water partition coefficient (Wildman–Crippen LogP) is 2.62. The van der Waals surface area contributed by atoms with Crippen molar-refractivity contribution < 1.29 is 17.6 Å². The third-order valence-electron chi connectivity index (χ3n) is 3.83. The van der Waals surface area contributed by atoms with E-state index in [1.54, 1.807) is 42.5 Å². The van der Waals surface area contributed by atoms with E-state index in [0.717, 1.165) is 9.87 Å². The van der Waals surface area contributed by atoms with E-state index in [2.05, 4.69) is 10.5 Å². The molecule has 1 aromatic heterocycles. The van der Waals surface area contributed by atoms with Crippen molar-refractivity contribution in [3.05, 3.63) is 90.4 Å². The predicted molar refractivity (Wildman–Crippen MR) is 105 cm³/mol. The molecule has 0 unspecified atom stereocenters. The van der Waals surface area contributed by atoms with E-state index in [0.29, 0.717) is 5.76 Å². The molecule has 1 heterocycles. The molecule has 0 aliphatic carbocycles. The molecule has 0 atom stereocenters. The van der Waals surface area contributed by atoms with E-state index < -0.39 is 15.9 Å². The summed E-state index contributed by atoms with van der Waals surface area (Å²) in [5.74, 6) is -0.0865. The second-order valence-corrected chi connectivity index (χ2v) is 7.82.